The van der Waals surface area contributed by atoms with Crippen molar-refractivity contribution in [1.29, 1.82) is 0 Å². The Morgan fingerprint density at radius 3 is 1.57 bits per heavy atom. The molecule has 184 valence electrons. The first-order valence-electron chi connectivity index (χ1n) is 7.73. The lowest BCUT2D eigenvalue weighted by Crippen LogP contribution is -2.66. The molecule has 0 aromatic carbocycles. The van der Waals surface area contributed by atoms with E-state index in [0.717, 1.165) is 14.2 Å². The van der Waals surface area contributed by atoms with Gasteiger partial charge >= 0.3 is 38.7 Å². The minimum Gasteiger partial charge on any atom is -0.377 e. The molecular weight excluding hydrogens is 479 g/mol. The Morgan fingerprint density at radius 2 is 1.23 bits per heavy atom. The molecular formula is C13H19F13O3Si. The van der Waals surface area contributed by atoms with Crippen molar-refractivity contribution in [3.05, 3.63) is 0 Å². The number of hydrogen-bond donors (Lipinski definition) is 0. The second kappa shape index (κ2) is 10.2. The molecule has 0 spiro atoms. The van der Waals surface area contributed by atoms with E-state index in [1.807, 2.05) is 0 Å². The highest BCUT2D eigenvalue weighted by molar-refractivity contribution is 6.60. The van der Waals surface area contributed by atoms with Gasteiger partial charge in [-0.25, -0.2) is 4.39 Å². The first kappa shape index (κ1) is 31.4. The molecule has 0 saturated heterocycles. The number of halogens is 13. The zero-order chi connectivity index (χ0) is 23.5. The van der Waals surface area contributed by atoms with Crippen LogP contribution in [0.2, 0.25) is 6.04 Å². The van der Waals surface area contributed by atoms with Gasteiger partial charge in [0.25, 0.3) is 0 Å². The molecule has 0 fully saturated rings. The molecule has 3 nitrogen and oxygen atoms in total. The summed E-state index contributed by atoms with van der Waals surface area (Å²) in [5, 5.41) is 0. The molecule has 0 rings (SSSR count). The van der Waals surface area contributed by atoms with Crippen molar-refractivity contribution < 1.29 is 70.7 Å². The third kappa shape index (κ3) is 6.35. The highest BCUT2D eigenvalue weighted by atomic mass is 28.4. The van der Waals surface area contributed by atoms with Crippen LogP contribution in [0.4, 0.5) is 57.4 Å². The largest absolute Gasteiger partial charge is 0.500 e. The second-order valence-corrected chi connectivity index (χ2v) is 8.86. The molecule has 1 atom stereocenters. The van der Waals surface area contributed by atoms with Gasteiger partial charge in [0, 0.05) is 20.3 Å². The summed E-state index contributed by atoms with van der Waals surface area (Å²) in [4.78, 5) is 0. The van der Waals surface area contributed by atoms with Crippen LogP contribution in [0.3, 0.4) is 0 Å². The van der Waals surface area contributed by atoms with Crippen molar-refractivity contribution in [2.24, 2.45) is 0 Å². The van der Waals surface area contributed by atoms with Crippen molar-refractivity contribution in [3.8, 4) is 0 Å². The van der Waals surface area contributed by atoms with Gasteiger partial charge in [-0.15, -0.1) is 0 Å². The lowest BCUT2D eigenvalue weighted by atomic mass is 9.94. The minimum absolute atomic E-state index is 0. The van der Waals surface area contributed by atoms with E-state index in [0.29, 0.717) is 0 Å². The standard InChI is InChI=1S/C13H18F12O3Si.FH/c1-4-5-29(26-2,27-3)28-7-9(15,16)12(22,23)13(24,25)11(20,21)8(14)6-10(17,18)19;/h8H,4-7H2,1-3H3;1H. The van der Waals surface area contributed by atoms with Crippen LogP contribution in [0.1, 0.15) is 19.8 Å². The molecule has 0 aliphatic carbocycles. The monoisotopic (exact) mass is 498 g/mol. The summed E-state index contributed by atoms with van der Waals surface area (Å²) >= 11 is 0. The van der Waals surface area contributed by atoms with Crippen LogP contribution in [0.5, 0.6) is 0 Å². The molecule has 0 N–H and O–H groups in total. The van der Waals surface area contributed by atoms with Crippen LogP contribution in [0.25, 0.3) is 0 Å². The maximum absolute atomic E-state index is 13.8. The summed E-state index contributed by atoms with van der Waals surface area (Å²) < 4.78 is 171. The Kier molecular flexibility index (Phi) is 10.7. The predicted octanol–water partition coefficient (Wildman–Crippen LogP) is 5.63. The number of hydrogen-bond acceptors (Lipinski definition) is 3. The van der Waals surface area contributed by atoms with Gasteiger partial charge in [0.05, 0.1) is 6.42 Å². The van der Waals surface area contributed by atoms with Crippen molar-refractivity contribution in [2.75, 3.05) is 20.8 Å². The molecule has 0 aromatic rings. The van der Waals surface area contributed by atoms with E-state index < -0.39 is 57.9 Å². The molecule has 0 heterocycles. The fraction of sp³-hybridized carbons (Fsp3) is 1.00. The Hall–Kier alpha value is -0.813. The lowest BCUT2D eigenvalue weighted by Gasteiger charge is -2.38. The Balaban J connectivity index is 0. The van der Waals surface area contributed by atoms with Crippen LogP contribution in [0, 0.1) is 0 Å². The highest BCUT2D eigenvalue weighted by Gasteiger charge is 2.82. The second-order valence-electron chi connectivity index (χ2n) is 5.89. The predicted molar refractivity (Wildman–Crippen MR) is 78.7 cm³/mol. The first-order chi connectivity index (χ1) is 12.8. The molecule has 1 unspecified atom stereocenters. The Bertz CT molecular complexity index is 523. The van der Waals surface area contributed by atoms with Crippen LogP contribution >= 0.6 is 0 Å². The molecule has 0 saturated carbocycles. The van der Waals surface area contributed by atoms with Crippen molar-refractivity contribution in [1.82, 2.24) is 0 Å². The van der Waals surface area contributed by atoms with Crippen LogP contribution in [0.15, 0.2) is 0 Å². The molecule has 0 bridgehead atoms. The molecule has 0 aliphatic rings. The van der Waals surface area contributed by atoms with Gasteiger partial charge in [0.2, 0.25) is 0 Å². The van der Waals surface area contributed by atoms with Crippen molar-refractivity contribution in [2.45, 2.75) is 61.8 Å². The summed E-state index contributed by atoms with van der Waals surface area (Å²) in [6.07, 6.45) is -13.8. The average molecular weight is 498 g/mol. The maximum atomic E-state index is 13.8. The van der Waals surface area contributed by atoms with Gasteiger partial charge in [-0.05, 0) is 0 Å². The van der Waals surface area contributed by atoms with Crippen LogP contribution in [-0.4, -0.2) is 65.7 Å². The smallest absolute Gasteiger partial charge is 0.377 e. The minimum atomic E-state index is -7.20. The van der Waals surface area contributed by atoms with Gasteiger partial charge in [0.15, 0.2) is 6.17 Å². The van der Waals surface area contributed by atoms with Crippen LogP contribution < -0.4 is 0 Å². The van der Waals surface area contributed by atoms with Crippen molar-refractivity contribution >= 4 is 8.80 Å². The molecule has 17 heteroatoms. The normalized spacial score (nSPS) is 15.7. The quantitative estimate of drug-likeness (QED) is 0.258. The third-order valence-corrected chi connectivity index (χ3v) is 6.67. The summed E-state index contributed by atoms with van der Waals surface area (Å²) in [5.74, 6) is -27.0. The zero-order valence-corrected chi connectivity index (χ0v) is 16.6. The highest BCUT2D eigenvalue weighted by Crippen LogP contribution is 2.55. The summed E-state index contributed by atoms with van der Waals surface area (Å²) in [6.45, 7) is -1.14. The van der Waals surface area contributed by atoms with E-state index in [1.165, 1.54) is 6.92 Å². The topological polar surface area (TPSA) is 27.7 Å². The van der Waals surface area contributed by atoms with Gasteiger partial charge in [0.1, 0.15) is 6.61 Å². The first-order valence-corrected chi connectivity index (χ1v) is 9.66. The van der Waals surface area contributed by atoms with Crippen molar-refractivity contribution in [3.63, 3.8) is 0 Å². The summed E-state index contributed by atoms with van der Waals surface area (Å²) in [5.41, 5.74) is 0. The van der Waals surface area contributed by atoms with E-state index in [9.17, 15) is 52.7 Å². The van der Waals surface area contributed by atoms with Gasteiger partial charge in [-0.2, -0.15) is 48.3 Å². The van der Waals surface area contributed by atoms with E-state index in [-0.39, 0.29) is 17.2 Å². The fourth-order valence-corrected chi connectivity index (χ4v) is 4.01. The fourth-order valence-electron chi connectivity index (χ4n) is 2.04. The molecule has 0 aromatic heterocycles. The van der Waals surface area contributed by atoms with Crippen LogP contribution in [-0.2, 0) is 13.3 Å². The molecule has 0 amide bonds. The molecule has 30 heavy (non-hydrogen) atoms. The van der Waals surface area contributed by atoms with E-state index in [2.05, 4.69) is 13.3 Å². The Labute approximate surface area is 163 Å². The number of alkyl halides is 12. The van der Waals surface area contributed by atoms with E-state index in [1.54, 1.807) is 0 Å². The third-order valence-electron chi connectivity index (χ3n) is 3.73. The summed E-state index contributed by atoms with van der Waals surface area (Å²) in [7, 11) is -2.32. The summed E-state index contributed by atoms with van der Waals surface area (Å²) in [6, 6.07) is -0.244. The van der Waals surface area contributed by atoms with Gasteiger partial charge < -0.3 is 13.3 Å². The molecule has 0 aliphatic heterocycles. The van der Waals surface area contributed by atoms with Gasteiger partial charge in [-0.3, -0.25) is 4.70 Å². The lowest BCUT2D eigenvalue weighted by molar-refractivity contribution is -0.381. The zero-order valence-electron chi connectivity index (χ0n) is 15.6. The maximum Gasteiger partial charge on any atom is 0.500 e. The van der Waals surface area contributed by atoms with Gasteiger partial charge in [-0.1, -0.05) is 13.3 Å². The van der Waals surface area contributed by atoms with E-state index in [4.69, 9.17) is 0 Å². The van der Waals surface area contributed by atoms with E-state index >= 15 is 0 Å². The SMILES string of the molecule is CCC[Si](OC)(OC)OCC(F)(F)C(F)(F)C(F)(F)C(F)(F)C(F)CC(F)(F)F.F. The Morgan fingerprint density at radius 1 is 0.800 bits per heavy atom. The molecule has 0 radical (unpaired) electrons. The average Bonchev–Trinajstić information content (AvgIpc) is 2.56. The number of rotatable bonds is 12.